The number of hydrogen-bond acceptors (Lipinski definition) is 6. The Morgan fingerprint density at radius 1 is 1.05 bits per heavy atom. The molecule has 0 saturated carbocycles. The van der Waals surface area contributed by atoms with E-state index in [4.69, 9.17) is 9.84 Å². The number of rotatable bonds is 10. The van der Waals surface area contributed by atoms with Crippen molar-refractivity contribution < 1.29 is 25.2 Å². The van der Waals surface area contributed by atoms with Crippen LogP contribution >= 0.6 is 11.8 Å². The Hall–Kier alpha value is 0.150. The summed E-state index contributed by atoms with van der Waals surface area (Å²) in [5.74, 6) is 0.864. The molecule has 20 heavy (non-hydrogen) atoms. The van der Waals surface area contributed by atoms with Gasteiger partial charge < -0.3 is 25.2 Å². The zero-order valence-corrected chi connectivity index (χ0v) is 13.0. The van der Waals surface area contributed by atoms with Crippen LogP contribution in [0.4, 0.5) is 0 Å². The molecule has 1 aliphatic heterocycles. The molecule has 5 atom stereocenters. The van der Waals surface area contributed by atoms with Crippen molar-refractivity contribution in [3.8, 4) is 0 Å². The van der Waals surface area contributed by atoms with Gasteiger partial charge in [0.05, 0.1) is 6.61 Å². The highest BCUT2D eigenvalue weighted by atomic mass is 32.2. The topological polar surface area (TPSA) is 90.2 Å². The van der Waals surface area contributed by atoms with Gasteiger partial charge in [0.25, 0.3) is 0 Å². The van der Waals surface area contributed by atoms with Gasteiger partial charge in [-0.15, -0.1) is 11.8 Å². The van der Waals surface area contributed by atoms with Crippen molar-refractivity contribution in [3.63, 3.8) is 0 Å². The molecule has 1 saturated heterocycles. The molecule has 0 bridgehead atoms. The Morgan fingerprint density at radius 2 is 1.70 bits per heavy atom. The summed E-state index contributed by atoms with van der Waals surface area (Å²) in [6.07, 6.45) is 3.05. The minimum Gasteiger partial charge on any atom is -0.394 e. The van der Waals surface area contributed by atoms with Crippen molar-refractivity contribution in [3.05, 3.63) is 0 Å². The van der Waals surface area contributed by atoms with E-state index in [1.807, 2.05) is 0 Å². The summed E-state index contributed by atoms with van der Waals surface area (Å²) >= 11 is 1.47. The van der Waals surface area contributed by atoms with Crippen LogP contribution in [0.3, 0.4) is 0 Å². The quantitative estimate of drug-likeness (QED) is 0.448. The fourth-order valence-electron chi connectivity index (χ4n) is 2.31. The minimum atomic E-state index is -1.15. The van der Waals surface area contributed by atoms with Crippen LogP contribution in [0.1, 0.15) is 45.4 Å². The van der Waals surface area contributed by atoms with E-state index in [-0.39, 0.29) is 0 Å². The third-order valence-electron chi connectivity index (χ3n) is 3.60. The normalized spacial score (nSPS) is 31.6. The predicted octanol–water partition coefficient (Wildman–Crippen LogP) is 0.880. The van der Waals surface area contributed by atoms with Crippen molar-refractivity contribution in [1.29, 1.82) is 0 Å². The maximum Gasteiger partial charge on any atom is 0.132 e. The SMILES string of the molecule is CCCCCCCCSC1OC(C(O)CO)C(O)C1O. The molecule has 1 heterocycles. The Morgan fingerprint density at radius 3 is 2.35 bits per heavy atom. The molecule has 1 fully saturated rings. The standard InChI is InChI=1S/C14H28O5S/c1-2-3-4-5-6-7-8-20-14-12(18)11(17)13(19-14)10(16)9-15/h10-18H,2-9H2,1H3. The van der Waals surface area contributed by atoms with E-state index in [0.717, 1.165) is 12.2 Å². The van der Waals surface area contributed by atoms with Crippen LogP contribution in [-0.2, 0) is 4.74 Å². The first-order chi connectivity index (χ1) is 9.61. The molecule has 0 aliphatic carbocycles. The highest BCUT2D eigenvalue weighted by Gasteiger charge is 2.45. The summed E-state index contributed by atoms with van der Waals surface area (Å²) < 4.78 is 5.44. The Bertz CT molecular complexity index is 254. The summed E-state index contributed by atoms with van der Waals surface area (Å²) in [5, 5.41) is 38.0. The van der Waals surface area contributed by atoms with E-state index in [2.05, 4.69) is 6.92 Å². The first-order valence-corrected chi connectivity index (χ1v) is 8.58. The first-order valence-electron chi connectivity index (χ1n) is 7.54. The molecule has 1 aliphatic rings. The van der Waals surface area contributed by atoms with Crippen LogP contribution in [0.25, 0.3) is 0 Å². The van der Waals surface area contributed by atoms with Crippen molar-refractivity contribution in [2.75, 3.05) is 12.4 Å². The predicted molar refractivity (Wildman–Crippen MR) is 79.6 cm³/mol. The number of hydrogen-bond donors (Lipinski definition) is 4. The number of ether oxygens (including phenoxy) is 1. The highest BCUT2D eigenvalue weighted by molar-refractivity contribution is 7.99. The van der Waals surface area contributed by atoms with Gasteiger partial charge in [-0.3, -0.25) is 0 Å². The summed E-state index contributed by atoms with van der Waals surface area (Å²) in [6, 6.07) is 0. The molecule has 0 aromatic carbocycles. The molecule has 0 aromatic heterocycles. The molecule has 0 amide bonds. The van der Waals surface area contributed by atoms with Gasteiger partial charge >= 0.3 is 0 Å². The second kappa shape index (κ2) is 9.97. The second-order valence-corrected chi connectivity index (χ2v) is 6.54. The molecule has 4 N–H and O–H groups in total. The van der Waals surface area contributed by atoms with Crippen molar-refractivity contribution >= 4 is 11.8 Å². The fraction of sp³-hybridized carbons (Fsp3) is 1.00. The smallest absolute Gasteiger partial charge is 0.132 e. The second-order valence-electron chi connectivity index (χ2n) is 5.34. The van der Waals surface area contributed by atoms with Gasteiger partial charge in [0.15, 0.2) is 0 Å². The van der Waals surface area contributed by atoms with Gasteiger partial charge in [-0.25, -0.2) is 0 Å². The van der Waals surface area contributed by atoms with Gasteiger partial charge in [-0.1, -0.05) is 39.0 Å². The summed E-state index contributed by atoms with van der Waals surface area (Å²) in [4.78, 5) is 0. The van der Waals surface area contributed by atoms with E-state index >= 15 is 0 Å². The largest absolute Gasteiger partial charge is 0.394 e. The number of aliphatic hydroxyl groups is 4. The molecular weight excluding hydrogens is 280 g/mol. The molecule has 0 radical (unpaired) electrons. The summed E-state index contributed by atoms with van der Waals surface area (Å²) in [5.41, 5.74) is -0.521. The Labute approximate surface area is 125 Å². The van der Waals surface area contributed by atoms with Gasteiger partial charge in [-0.05, 0) is 12.2 Å². The van der Waals surface area contributed by atoms with Crippen molar-refractivity contribution in [1.82, 2.24) is 0 Å². The van der Waals surface area contributed by atoms with E-state index in [1.54, 1.807) is 0 Å². The summed E-state index contributed by atoms with van der Waals surface area (Å²) in [6.45, 7) is 1.71. The number of unbranched alkanes of at least 4 members (excludes halogenated alkanes) is 5. The van der Waals surface area contributed by atoms with E-state index < -0.39 is 36.5 Å². The lowest BCUT2D eigenvalue weighted by Gasteiger charge is -2.18. The van der Waals surface area contributed by atoms with Crippen molar-refractivity contribution in [2.45, 2.75) is 75.3 Å². The fourth-order valence-corrected chi connectivity index (χ4v) is 3.48. The van der Waals surface area contributed by atoms with Gasteiger partial charge in [-0.2, -0.15) is 0 Å². The van der Waals surface area contributed by atoms with E-state index in [1.165, 1.54) is 43.9 Å². The van der Waals surface area contributed by atoms with Crippen LogP contribution in [0.5, 0.6) is 0 Å². The average Bonchev–Trinajstić information content (AvgIpc) is 2.74. The molecule has 6 heteroatoms. The maximum atomic E-state index is 9.86. The highest BCUT2D eigenvalue weighted by Crippen LogP contribution is 2.31. The first kappa shape index (κ1) is 18.2. The molecule has 120 valence electrons. The van der Waals surface area contributed by atoms with Crippen LogP contribution < -0.4 is 0 Å². The third kappa shape index (κ3) is 5.50. The molecule has 1 rings (SSSR count). The Balaban J connectivity index is 2.17. The lowest BCUT2D eigenvalue weighted by atomic mass is 10.1. The minimum absolute atomic E-state index is 0.483. The average molecular weight is 308 g/mol. The van der Waals surface area contributed by atoms with Crippen LogP contribution in [0.15, 0.2) is 0 Å². The molecule has 0 spiro atoms. The molecule has 5 nitrogen and oxygen atoms in total. The Kier molecular flexibility index (Phi) is 9.08. The molecule has 5 unspecified atom stereocenters. The lowest BCUT2D eigenvalue weighted by molar-refractivity contribution is -0.0713. The van der Waals surface area contributed by atoms with Crippen LogP contribution in [0, 0.1) is 0 Å². The molecular formula is C14H28O5S. The monoisotopic (exact) mass is 308 g/mol. The molecule has 0 aromatic rings. The van der Waals surface area contributed by atoms with Gasteiger partial charge in [0.2, 0.25) is 0 Å². The van der Waals surface area contributed by atoms with Crippen LogP contribution in [0.2, 0.25) is 0 Å². The van der Waals surface area contributed by atoms with Gasteiger partial charge in [0.1, 0.15) is 29.9 Å². The lowest BCUT2D eigenvalue weighted by Crippen LogP contribution is -2.40. The number of aliphatic hydroxyl groups excluding tert-OH is 4. The van der Waals surface area contributed by atoms with E-state index in [9.17, 15) is 15.3 Å². The van der Waals surface area contributed by atoms with E-state index in [0.29, 0.717) is 0 Å². The third-order valence-corrected chi connectivity index (χ3v) is 4.85. The zero-order valence-electron chi connectivity index (χ0n) is 12.1. The van der Waals surface area contributed by atoms with Crippen LogP contribution in [-0.4, -0.2) is 62.6 Å². The summed E-state index contributed by atoms with van der Waals surface area (Å²) in [7, 11) is 0. The number of thioether (sulfide) groups is 1. The van der Waals surface area contributed by atoms with Gasteiger partial charge in [0, 0.05) is 0 Å². The zero-order chi connectivity index (χ0) is 15.0. The van der Waals surface area contributed by atoms with Crippen molar-refractivity contribution in [2.24, 2.45) is 0 Å². The maximum absolute atomic E-state index is 9.86.